The lowest BCUT2D eigenvalue weighted by Crippen LogP contribution is -2.48. The Morgan fingerprint density at radius 2 is 1.87 bits per heavy atom. The molecule has 1 aliphatic heterocycles. The van der Waals surface area contributed by atoms with Crippen molar-refractivity contribution < 1.29 is 23.1 Å². The third kappa shape index (κ3) is 6.63. The first-order chi connectivity index (χ1) is 18.4. The van der Waals surface area contributed by atoms with E-state index in [1.165, 1.54) is 11.8 Å². The fraction of sp³-hybridized carbons (Fsp3) is 0.407. The van der Waals surface area contributed by atoms with E-state index in [9.17, 15) is 23.1 Å². The summed E-state index contributed by atoms with van der Waals surface area (Å²) in [4.78, 5) is 29.2. The topological polar surface area (TPSA) is 155 Å². The highest BCUT2D eigenvalue weighted by Crippen LogP contribution is 2.23. The highest BCUT2D eigenvalue weighted by molar-refractivity contribution is 7.89. The summed E-state index contributed by atoms with van der Waals surface area (Å²) in [5.41, 5.74) is 5.45. The maximum absolute atomic E-state index is 13.0. The number of sulfonamides is 1. The number of aryl methyl sites for hydroxylation is 7. The smallest absolute Gasteiger partial charge is 0.323 e. The van der Waals surface area contributed by atoms with Crippen molar-refractivity contribution in [2.45, 2.75) is 64.4 Å². The summed E-state index contributed by atoms with van der Waals surface area (Å²) < 4.78 is 29.9. The van der Waals surface area contributed by atoms with Crippen molar-refractivity contribution in [2.75, 3.05) is 18.4 Å². The predicted molar refractivity (Wildman–Crippen MR) is 146 cm³/mol. The molecule has 0 bridgehead atoms. The largest absolute Gasteiger partial charge is 0.480 e. The number of anilines is 1. The van der Waals surface area contributed by atoms with Gasteiger partial charge >= 0.3 is 5.97 Å². The summed E-state index contributed by atoms with van der Waals surface area (Å²) in [5.74, 6) is -1.00. The number of nitrogens with zero attached hydrogens (tertiary/aromatic N) is 3. The number of hydrogen-bond acceptors (Lipinski definition) is 7. The van der Waals surface area contributed by atoms with Crippen LogP contribution in [0.1, 0.15) is 50.3 Å². The first kappa shape index (κ1) is 28.2. The van der Waals surface area contributed by atoms with Gasteiger partial charge < -0.3 is 15.7 Å². The second kappa shape index (κ2) is 11.5. The maximum Gasteiger partial charge on any atom is 0.323 e. The molecule has 1 amide bonds. The van der Waals surface area contributed by atoms with E-state index < -0.39 is 34.5 Å². The number of amides is 1. The molecule has 1 atom stereocenters. The molecular weight excluding hydrogens is 520 g/mol. The fourth-order valence-electron chi connectivity index (χ4n) is 4.93. The van der Waals surface area contributed by atoms with Crippen molar-refractivity contribution in [2.24, 2.45) is 0 Å². The molecule has 11 nitrogen and oxygen atoms in total. The van der Waals surface area contributed by atoms with Crippen LogP contribution in [0.5, 0.6) is 0 Å². The van der Waals surface area contributed by atoms with Gasteiger partial charge in [0.2, 0.25) is 10.0 Å². The Morgan fingerprint density at radius 3 is 2.56 bits per heavy atom. The minimum Gasteiger partial charge on any atom is -0.480 e. The van der Waals surface area contributed by atoms with Gasteiger partial charge in [-0.2, -0.15) is 9.82 Å². The molecule has 4 rings (SSSR count). The summed E-state index contributed by atoms with van der Waals surface area (Å²) in [6, 6.07) is 4.06. The van der Waals surface area contributed by atoms with Gasteiger partial charge in [0.15, 0.2) is 0 Å². The number of carbonyl (C=O) groups excluding carboxylic acids is 1. The summed E-state index contributed by atoms with van der Waals surface area (Å²) in [6.07, 6.45) is 5.74. The lowest BCUT2D eigenvalue weighted by atomic mass is 10.0. The number of rotatable bonds is 10. The van der Waals surface area contributed by atoms with Gasteiger partial charge in [0, 0.05) is 31.5 Å². The molecule has 0 radical (unpaired) electrons. The number of carboxylic acids is 1. The highest BCUT2D eigenvalue weighted by Gasteiger charge is 2.28. The van der Waals surface area contributed by atoms with E-state index in [1.807, 2.05) is 13.8 Å². The lowest BCUT2D eigenvalue weighted by Gasteiger charge is -2.19. The van der Waals surface area contributed by atoms with Crippen LogP contribution in [-0.4, -0.2) is 59.3 Å². The Labute approximate surface area is 228 Å². The van der Waals surface area contributed by atoms with Crippen LogP contribution in [0, 0.1) is 27.7 Å². The van der Waals surface area contributed by atoms with Gasteiger partial charge in [0.05, 0.1) is 16.7 Å². The first-order valence-electron chi connectivity index (χ1n) is 12.8. The normalized spacial score (nSPS) is 13.8. The van der Waals surface area contributed by atoms with Crippen LogP contribution in [0.3, 0.4) is 0 Å². The Morgan fingerprint density at radius 1 is 1.15 bits per heavy atom. The molecule has 3 aromatic rings. The van der Waals surface area contributed by atoms with E-state index in [1.54, 1.807) is 36.9 Å². The monoisotopic (exact) mass is 554 g/mol. The van der Waals surface area contributed by atoms with Crippen LogP contribution in [0.4, 0.5) is 5.82 Å². The molecular formula is C27H34N6O5S. The van der Waals surface area contributed by atoms with E-state index >= 15 is 0 Å². The Balaban J connectivity index is 1.37. The molecule has 4 N–H and O–H groups in total. The minimum atomic E-state index is -4.14. The minimum absolute atomic E-state index is 0.0348. The van der Waals surface area contributed by atoms with Crippen molar-refractivity contribution in [3.8, 4) is 0 Å². The van der Waals surface area contributed by atoms with Gasteiger partial charge in [-0.05, 0) is 69.2 Å². The SMILES string of the molecule is Cc1cc(C)c(S(=O)(=O)N[C@H](CNC(=O)c2cnn(CCc3cc4c(nc3C)NCCC4)c2)C(=O)O)c(C)c1. The number of aliphatic carboxylic acids is 1. The molecule has 12 heteroatoms. The first-order valence-corrected chi connectivity index (χ1v) is 14.3. The summed E-state index contributed by atoms with van der Waals surface area (Å²) in [6.45, 7) is 8.18. The van der Waals surface area contributed by atoms with Gasteiger partial charge in [0.25, 0.3) is 5.91 Å². The third-order valence-electron chi connectivity index (χ3n) is 6.75. The molecule has 0 saturated heterocycles. The summed E-state index contributed by atoms with van der Waals surface area (Å²) in [5, 5.41) is 19.7. The van der Waals surface area contributed by atoms with E-state index in [4.69, 9.17) is 0 Å². The molecule has 0 aliphatic carbocycles. The molecule has 3 heterocycles. The third-order valence-corrected chi connectivity index (χ3v) is 8.53. The van der Waals surface area contributed by atoms with Gasteiger partial charge in [0.1, 0.15) is 11.9 Å². The molecule has 2 aromatic heterocycles. The van der Waals surface area contributed by atoms with Gasteiger partial charge in [-0.15, -0.1) is 0 Å². The summed E-state index contributed by atoms with van der Waals surface area (Å²) >= 11 is 0. The molecule has 208 valence electrons. The van der Waals surface area contributed by atoms with Crippen LogP contribution >= 0.6 is 0 Å². The van der Waals surface area contributed by atoms with Crippen LogP contribution in [0.15, 0.2) is 35.5 Å². The van der Waals surface area contributed by atoms with Crippen molar-refractivity contribution in [3.63, 3.8) is 0 Å². The highest BCUT2D eigenvalue weighted by atomic mass is 32.2. The van der Waals surface area contributed by atoms with Crippen molar-refractivity contribution in [3.05, 3.63) is 69.7 Å². The van der Waals surface area contributed by atoms with Crippen LogP contribution in [-0.2, 0) is 34.2 Å². The van der Waals surface area contributed by atoms with Gasteiger partial charge in [-0.3, -0.25) is 14.3 Å². The Bertz CT molecular complexity index is 1490. The standard InChI is InChI=1S/C27H34N6O5S/c1-16-10-17(2)24(18(3)11-16)39(37,38)32-23(27(35)36)14-29-26(34)22-13-30-33(15-22)9-7-20-12-21-6-5-8-28-25(21)31-19(20)4/h10-13,15,23,32H,5-9,14H2,1-4H3,(H,28,31)(H,29,34)(H,35,36)/t23-/m1/s1. The molecule has 1 aliphatic rings. The van der Waals surface area contributed by atoms with E-state index in [0.29, 0.717) is 24.1 Å². The zero-order valence-corrected chi connectivity index (χ0v) is 23.4. The van der Waals surface area contributed by atoms with E-state index in [0.717, 1.165) is 42.0 Å². The summed E-state index contributed by atoms with van der Waals surface area (Å²) in [7, 11) is -4.14. The second-order valence-corrected chi connectivity index (χ2v) is 11.6. The number of pyridine rings is 1. The van der Waals surface area contributed by atoms with Crippen molar-refractivity contribution in [1.82, 2.24) is 24.8 Å². The zero-order valence-electron chi connectivity index (χ0n) is 22.5. The van der Waals surface area contributed by atoms with E-state index in [2.05, 4.69) is 31.5 Å². The Kier molecular flexibility index (Phi) is 8.36. The molecule has 39 heavy (non-hydrogen) atoms. The van der Waals surface area contributed by atoms with Crippen LogP contribution in [0.2, 0.25) is 0 Å². The number of aromatic nitrogens is 3. The molecule has 0 saturated carbocycles. The van der Waals surface area contributed by atoms with Crippen LogP contribution < -0.4 is 15.4 Å². The maximum atomic E-state index is 13.0. The van der Waals surface area contributed by atoms with Crippen molar-refractivity contribution in [1.29, 1.82) is 0 Å². The number of carboxylic acid groups (broad SMARTS) is 1. The van der Waals surface area contributed by atoms with Gasteiger partial charge in [-0.25, -0.2) is 13.4 Å². The number of carbonyl (C=O) groups is 2. The molecule has 0 unspecified atom stereocenters. The number of benzene rings is 1. The average Bonchev–Trinajstić information content (AvgIpc) is 3.33. The zero-order chi connectivity index (χ0) is 28.3. The lowest BCUT2D eigenvalue weighted by molar-refractivity contribution is -0.138. The average molecular weight is 555 g/mol. The van der Waals surface area contributed by atoms with E-state index in [-0.39, 0.29) is 10.5 Å². The number of hydrogen-bond donors (Lipinski definition) is 4. The number of fused-ring (bicyclic) bond motifs is 1. The Hall–Kier alpha value is -3.77. The molecule has 0 fully saturated rings. The van der Waals surface area contributed by atoms with Gasteiger partial charge in [-0.1, -0.05) is 23.8 Å². The fourth-order valence-corrected chi connectivity index (χ4v) is 6.57. The molecule has 1 aromatic carbocycles. The number of nitrogens with one attached hydrogen (secondary N) is 3. The van der Waals surface area contributed by atoms with Crippen molar-refractivity contribution >= 4 is 27.7 Å². The van der Waals surface area contributed by atoms with Crippen LogP contribution in [0.25, 0.3) is 0 Å². The second-order valence-electron chi connectivity index (χ2n) is 9.96. The quantitative estimate of drug-likeness (QED) is 0.298. The molecule has 0 spiro atoms. The predicted octanol–water partition coefficient (Wildman–Crippen LogP) is 2.27.